The Morgan fingerprint density at radius 3 is 2.55 bits per heavy atom. The Bertz CT molecular complexity index is 479. The number of allylic oxidation sites excluding steroid dienone is 2. The Morgan fingerprint density at radius 1 is 1.36 bits per heavy atom. The molecule has 0 aliphatic heterocycles. The standard InChI is InChI=1S/C16H23Cl4NO/c1-10(2)5-4-6-16(3)8-11(7-13(22)14(16)18)12(17)9-21-15(19)20/h5,13-14,22H,4,6-9H2,1-3H3/b12-11+/t13-,14+,16+/m0/s1. The number of rotatable bonds is 5. The summed E-state index contributed by atoms with van der Waals surface area (Å²) in [5.41, 5.74) is 2.07. The van der Waals surface area contributed by atoms with Gasteiger partial charge in [-0.15, -0.1) is 11.6 Å². The lowest BCUT2D eigenvalue weighted by atomic mass is 9.69. The molecule has 126 valence electrons. The van der Waals surface area contributed by atoms with Crippen LogP contribution in [0.5, 0.6) is 0 Å². The molecule has 0 unspecified atom stereocenters. The summed E-state index contributed by atoms with van der Waals surface area (Å²) in [4.78, 5) is 3.91. The molecule has 3 atom stereocenters. The first kappa shape index (κ1) is 20.3. The van der Waals surface area contributed by atoms with Crippen LogP contribution in [-0.4, -0.2) is 27.8 Å². The van der Waals surface area contributed by atoms with Crippen LogP contribution in [0.1, 0.15) is 46.5 Å². The van der Waals surface area contributed by atoms with Crippen LogP contribution < -0.4 is 0 Å². The van der Waals surface area contributed by atoms with Crippen molar-refractivity contribution in [2.75, 3.05) is 6.54 Å². The lowest BCUT2D eigenvalue weighted by Crippen LogP contribution is -2.42. The largest absolute Gasteiger partial charge is 0.391 e. The molecule has 6 heteroatoms. The molecule has 22 heavy (non-hydrogen) atoms. The van der Waals surface area contributed by atoms with Crippen molar-refractivity contribution in [3.05, 3.63) is 22.3 Å². The molecule has 2 nitrogen and oxygen atoms in total. The topological polar surface area (TPSA) is 32.6 Å². The summed E-state index contributed by atoms with van der Waals surface area (Å²) in [6.45, 7) is 6.50. The minimum Gasteiger partial charge on any atom is -0.391 e. The smallest absolute Gasteiger partial charge is 0.192 e. The summed E-state index contributed by atoms with van der Waals surface area (Å²) in [5, 5.41) is 10.6. The van der Waals surface area contributed by atoms with E-state index in [4.69, 9.17) is 46.4 Å². The van der Waals surface area contributed by atoms with Crippen molar-refractivity contribution in [2.45, 2.75) is 57.9 Å². The van der Waals surface area contributed by atoms with Gasteiger partial charge in [-0.25, -0.2) is 0 Å². The number of hydrogen-bond acceptors (Lipinski definition) is 2. The highest BCUT2D eigenvalue weighted by Crippen LogP contribution is 2.46. The van der Waals surface area contributed by atoms with E-state index in [-0.39, 0.29) is 22.0 Å². The van der Waals surface area contributed by atoms with Gasteiger partial charge >= 0.3 is 0 Å². The van der Waals surface area contributed by atoms with Gasteiger partial charge in [0.2, 0.25) is 0 Å². The summed E-state index contributed by atoms with van der Waals surface area (Å²) in [6, 6.07) is 0. The van der Waals surface area contributed by atoms with Crippen molar-refractivity contribution < 1.29 is 5.11 Å². The van der Waals surface area contributed by atoms with Crippen molar-refractivity contribution in [1.82, 2.24) is 0 Å². The van der Waals surface area contributed by atoms with Crippen LogP contribution in [0.3, 0.4) is 0 Å². The van der Waals surface area contributed by atoms with Gasteiger partial charge in [-0.3, -0.25) is 4.99 Å². The molecule has 0 saturated heterocycles. The molecule has 0 spiro atoms. The zero-order chi connectivity index (χ0) is 16.9. The molecule has 0 amide bonds. The van der Waals surface area contributed by atoms with E-state index in [1.807, 2.05) is 0 Å². The van der Waals surface area contributed by atoms with Crippen LogP contribution in [0.25, 0.3) is 0 Å². The fourth-order valence-corrected chi connectivity index (χ4v) is 3.44. The molecule has 0 aromatic rings. The third-order valence-electron chi connectivity index (χ3n) is 4.07. The van der Waals surface area contributed by atoms with Crippen molar-refractivity contribution in [3.63, 3.8) is 0 Å². The SMILES string of the molecule is CC(C)=CCC[C@]1(C)C/C(=C(/Cl)CN=C(Cl)Cl)C[C@H](O)[C@H]1Cl. The molecule has 0 radical (unpaired) electrons. The Labute approximate surface area is 153 Å². The highest BCUT2D eigenvalue weighted by atomic mass is 35.5. The van der Waals surface area contributed by atoms with Gasteiger partial charge in [-0.2, -0.15) is 0 Å². The van der Waals surface area contributed by atoms with Gasteiger partial charge in [0.15, 0.2) is 4.63 Å². The van der Waals surface area contributed by atoms with E-state index < -0.39 is 6.10 Å². The molecule has 1 aliphatic carbocycles. The monoisotopic (exact) mass is 385 g/mol. The minimum atomic E-state index is -0.605. The molecule has 0 aromatic carbocycles. The lowest BCUT2D eigenvalue weighted by Gasteiger charge is -2.42. The van der Waals surface area contributed by atoms with Gasteiger partial charge in [-0.1, -0.05) is 35.7 Å². The predicted octanol–water partition coefficient (Wildman–Crippen LogP) is 5.83. The number of aliphatic hydroxyl groups excluding tert-OH is 1. The highest BCUT2D eigenvalue weighted by molar-refractivity contribution is 6.95. The number of aliphatic hydroxyl groups is 1. The van der Waals surface area contributed by atoms with Crippen LogP contribution in [0.15, 0.2) is 27.2 Å². The van der Waals surface area contributed by atoms with E-state index in [0.29, 0.717) is 11.5 Å². The first-order valence-corrected chi connectivity index (χ1v) is 8.90. The zero-order valence-electron chi connectivity index (χ0n) is 13.2. The Kier molecular flexibility index (Phi) is 8.25. The summed E-state index contributed by atoms with van der Waals surface area (Å²) in [5.74, 6) is 0. The summed E-state index contributed by atoms with van der Waals surface area (Å²) in [6.07, 6.45) is 4.65. The highest BCUT2D eigenvalue weighted by Gasteiger charge is 2.42. The second-order valence-corrected chi connectivity index (χ2v) is 8.23. The molecule has 1 fully saturated rings. The minimum absolute atomic E-state index is 0.0448. The van der Waals surface area contributed by atoms with Crippen LogP contribution in [0.4, 0.5) is 0 Å². The molecular weight excluding hydrogens is 364 g/mol. The number of nitrogens with zero attached hydrogens (tertiary/aromatic N) is 1. The van der Waals surface area contributed by atoms with Gasteiger partial charge in [0.05, 0.1) is 18.0 Å². The van der Waals surface area contributed by atoms with Gasteiger partial charge in [0.25, 0.3) is 0 Å². The Morgan fingerprint density at radius 2 is 2.00 bits per heavy atom. The maximum absolute atomic E-state index is 10.3. The average molecular weight is 387 g/mol. The number of halogens is 4. The lowest BCUT2D eigenvalue weighted by molar-refractivity contribution is 0.0824. The van der Waals surface area contributed by atoms with Crippen molar-refractivity contribution in [2.24, 2.45) is 10.4 Å². The number of hydrogen-bond donors (Lipinski definition) is 1. The first-order chi connectivity index (χ1) is 10.2. The third kappa shape index (κ3) is 6.05. The Balaban J connectivity index is 2.91. The van der Waals surface area contributed by atoms with E-state index in [2.05, 4.69) is 31.8 Å². The van der Waals surface area contributed by atoms with Gasteiger partial charge < -0.3 is 5.11 Å². The van der Waals surface area contributed by atoms with Crippen LogP contribution in [0, 0.1) is 5.41 Å². The van der Waals surface area contributed by atoms with Gasteiger partial charge in [-0.05, 0) is 68.1 Å². The maximum Gasteiger partial charge on any atom is 0.192 e. The summed E-state index contributed by atoms with van der Waals surface area (Å²) < 4.78 is -0.0448. The molecule has 1 N–H and O–H groups in total. The predicted molar refractivity (Wildman–Crippen MR) is 98.5 cm³/mol. The quantitative estimate of drug-likeness (QED) is 0.360. The molecule has 1 saturated carbocycles. The van der Waals surface area contributed by atoms with E-state index in [1.54, 1.807) is 0 Å². The van der Waals surface area contributed by atoms with Gasteiger partial charge in [0.1, 0.15) is 0 Å². The van der Waals surface area contributed by atoms with Crippen molar-refractivity contribution in [1.29, 1.82) is 0 Å². The fourth-order valence-electron chi connectivity index (χ4n) is 2.84. The fraction of sp³-hybridized carbons (Fsp3) is 0.688. The zero-order valence-corrected chi connectivity index (χ0v) is 16.2. The molecular formula is C16H23Cl4NO. The summed E-state index contributed by atoms with van der Waals surface area (Å²) in [7, 11) is 0. The Hall–Kier alpha value is 0.270. The molecule has 0 heterocycles. The third-order valence-corrected chi connectivity index (χ3v) is 5.51. The number of aliphatic imine (C=N–C) groups is 1. The molecule has 0 bridgehead atoms. The van der Waals surface area contributed by atoms with Crippen LogP contribution in [-0.2, 0) is 0 Å². The normalized spacial score (nSPS) is 30.7. The van der Waals surface area contributed by atoms with E-state index >= 15 is 0 Å². The van der Waals surface area contributed by atoms with E-state index in [1.165, 1.54) is 5.57 Å². The van der Waals surface area contributed by atoms with Crippen molar-refractivity contribution >= 4 is 51.0 Å². The second kappa shape index (κ2) is 8.94. The van der Waals surface area contributed by atoms with Crippen LogP contribution >= 0.6 is 46.4 Å². The van der Waals surface area contributed by atoms with Gasteiger partial charge in [0, 0.05) is 5.03 Å². The second-order valence-electron chi connectivity index (χ2n) is 6.39. The first-order valence-electron chi connectivity index (χ1n) is 7.33. The molecule has 1 rings (SSSR count). The van der Waals surface area contributed by atoms with E-state index in [9.17, 15) is 5.11 Å². The van der Waals surface area contributed by atoms with Crippen molar-refractivity contribution in [3.8, 4) is 0 Å². The summed E-state index contributed by atoms with van der Waals surface area (Å²) >= 11 is 23.8. The van der Waals surface area contributed by atoms with Crippen LogP contribution in [0.2, 0.25) is 0 Å². The average Bonchev–Trinajstić information content (AvgIpc) is 2.41. The van der Waals surface area contributed by atoms with E-state index in [0.717, 1.165) is 24.8 Å². The maximum atomic E-state index is 10.3. The molecule has 1 aliphatic rings. The number of alkyl halides is 1. The molecule has 0 aromatic heterocycles.